The Bertz CT molecular complexity index is 507. The van der Waals surface area contributed by atoms with Crippen LogP contribution in [0, 0.1) is 11.8 Å². The Kier molecular flexibility index (Phi) is 2.32. The molecule has 2 saturated carbocycles. The number of para-hydroxylation sites is 2. The number of fused-ring (bicyclic) bond motifs is 1. The smallest absolute Gasteiger partial charge is 0.298 e. The Morgan fingerprint density at radius 1 is 1.06 bits per heavy atom. The minimum Gasteiger partial charge on any atom is -0.423 e. The molecule has 0 amide bonds. The number of hydrogen-bond donors (Lipinski definition) is 0. The van der Waals surface area contributed by atoms with Gasteiger partial charge < -0.3 is 9.32 Å². The molecule has 1 aromatic carbocycles. The third-order valence-electron chi connectivity index (χ3n) is 3.90. The minimum absolute atomic E-state index is 0.829. The van der Waals surface area contributed by atoms with E-state index in [9.17, 15) is 0 Å². The van der Waals surface area contributed by atoms with Gasteiger partial charge in [-0.2, -0.15) is 4.98 Å². The second kappa shape index (κ2) is 4.01. The molecule has 18 heavy (non-hydrogen) atoms. The summed E-state index contributed by atoms with van der Waals surface area (Å²) in [6.07, 6.45) is 5.51. The van der Waals surface area contributed by atoms with Crippen molar-refractivity contribution in [3.05, 3.63) is 24.3 Å². The van der Waals surface area contributed by atoms with Crippen LogP contribution in [0.4, 0.5) is 6.01 Å². The largest absolute Gasteiger partial charge is 0.423 e. The molecule has 2 aromatic rings. The van der Waals surface area contributed by atoms with Crippen molar-refractivity contribution >= 4 is 17.1 Å². The van der Waals surface area contributed by atoms with Gasteiger partial charge in [-0.15, -0.1) is 0 Å². The summed E-state index contributed by atoms with van der Waals surface area (Å²) >= 11 is 0. The zero-order valence-corrected chi connectivity index (χ0v) is 10.5. The predicted octanol–water partition coefficient (Wildman–Crippen LogP) is 3.45. The van der Waals surface area contributed by atoms with Gasteiger partial charge in [0.15, 0.2) is 5.58 Å². The van der Waals surface area contributed by atoms with Crippen LogP contribution in [0.2, 0.25) is 0 Å². The fourth-order valence-electron chi connectivity index (χ4n) is 2.45. The zero-order chi connectivity index (χ0) is 11.9. The maximum atomic E-state index is 5.90. The summed E-state index contributed by atoms with van der Waals surface area (Å²) < 4.78 is 5.90. The molecule has 0 radical (unpaired) electrons. The van der Waals surface area contributed by atoms with Crippen LogP contribution in [0.3, 0.4) is 0 Å². The van der Waals surface area contributed by atoms with E-state index in [4.69, 9.17) is 4.42 Å². The van der Waals surface area contributed by atoms with E-state index in [1.54, 1.807) is 0 Å². The first-order valence-electron chi connectivity index (χ1n) is 6.99. The molecule has 94 valence electrons. The van der Waals surface area contributed by atoms with Crippen LogP contribution in [-0.2, 0) is 0 Å². The highest BCUT2D eigenvalue weighted by atomic mass is 16.4. The van der Waals surface area contributed by atoms with Crippen LogP contribution in [0.1, 0.15) is 25.7 Å². The lowest BCUT2D eigenvalue weighted by Crippen LogP contribution is -2.28. The fraction of sp³-hybridized carbons (Fsp3) is 0.533. The van der Waals surface area contributed by atoms with Crippen molar-refractivity contribution < 1.29 is 4.42 Å². The normalized spacial score (nSPS) is 19.3. The van der Waals surface area contributed by atoms with Gasteiger partial charge in [0.05, 0.1) is 0 Å². The average molecular weight is 242 g/mol. The van der Waals surface area contributed by atoms with E-state index in [0.29, 0.717) is 0 Å². The molecule has 0 spiro atoms. The molecule has 0 N–H and O–H groups in total. The second-order valence-electron chi connectivity index (χ2n) is 5.76. The molecule has 0 atom stereocenters. The Balaban J connectivity index is 1.62. The molecule has 3 nitrogen and oxygen atoms in total. The van der Waals surface area contributed by atoms with Gasteiger partial charge in [-0.1, -0.05) is 12.1 Å². The van der Waals surface area contributed by atoms with Crippen LogP contribution < -0.4 is 4.90 Å². The molecule has 2 fully saturated rings. The van der Waals surface area contributed by atoms with Gasteiger partial charge in [-0.3, -0.25) is 0 Å². The lowest BCUT2D eigenvalue weighted by atomic mass is 10.3. The SMILES string of the molecule is c1ccc2oc(N(CC3CC3)CC3CC3)nc2c1. The molecule has 0 unspecified atom stereocenters. The van der Waals surface area contributed by atoms with E-state index < -0.39 is 0 Å². The van der Waals surface area contributed by atoms with Gasteiger partial charge >= 0.3 is 0 Å². The number of aromatic nitrogens is 1. The Morgan fingerprint density at radius 3 is 2.33 bits per heavy atom. The number of oxazole rings is 1. The Morgan fingerprint density at radius 2 is 1.72 bits per heavy atom. The molecule has 2 aliphatic carbocycles. The summed E-state index contributed by atoms with van der Waals surface area (Å²) in [6, 6.07) is 8.87. The highest BCUT2D eigenvalue weighted by molar-refractivity contribution is 5.74. The van der Waals surface area contributed by atoms with E-state index in [-0.39, 0.29) is 0 Å². The monoisotopic (exact) mass is 242 g/mol. The maximum absolute atomic E-state index is 5.90. The number of hydrogen-bond acceptors (Lipinski definition) is 3. The number of anilines is 1. The van der Waals surface area contributed by atoms with Crippen molar-refractivity contribution in [3.63, 3.8) is 0 Å². The van der Waals surface area contributed by atoms with Gasteiger partial charge in [0.2, 0.25) is 0 Å². The number of rotatable bonds is 5. The highest BCUT2D eigenvalue weighted by Gasteiger charge is 2.31. The lowest BCUT2D eigenvalue weighted by molar-refractivity contribution is 0.545. The second-order valence-corrected chi connectivity index (χ2v) is 5.76. The van der Waals surface area contributed by atoms with Crippen molar-refractivity contribution in [3.8, 4) is 0 Å². The zero-order valence-electron chi connectivity index (χ0n) is 10.5. The minimum atomic E-state index is 0.829. The van der Waals surface area contributed by atoms with Crippen LogP contribution in [0.15, 0.2) is 28.7 Å². The Hall–Kier alpha value is -1.51. The molecule has 1 aromatic heterocycles. The van der Waals surface area contributed by atoms with Crippen LogP contribution in [0.25, 0.3) is 11.1 Å². The fourth-order valence-corrected chi connectivity index (χ4v) is 2.45. The molecule has 0 aliphatic heterocycles. The Labute approximate surface area is 107 Å². The molecule has 1 heterocycles. The highest BCUT2D eigenvalue weighted by Crippen LogP contribution is 2.36. The molecule has 0 saturated heterocycles. The van der Waals surface area contributed by atoms with Gasteiger partial charge in [0, 0.05) is 13.1 Å². The first kappa shape index (κ1) is 10.4. The summed E-state index contributed by atoms with van der Waals surface area (Å²) in [6.45, 7) is 2.26. The standard InChI is InChI=1S/C15H18N2O/c1-2-4-14-13(3-1)16-15(18-14)17(9-11-5-6-11)10-12-7-8-12/h1-4,11-12H,5-10H2. The first-order valence-corrected chi connectivity index (χ1v) is 6.99. The predicted molar refractivity (Wildman–Crippen MR) is 71.7 cm³/mol. The van der Waals surface area contributed by atoms with E-state index in [1.165, 1.54) is 25.7 Å². The van der Waals surface area contributed by atoms with Crippen LogP contribution >= 0.6 is 0 Å². The van der Waals surface area contributed by atoms with Crippen LogP contribution in [-0.4, -0.2) is 18.1 Å². The summed E-state index contributed by atoms with van der Waals surface area (Å²) in [5.74, 6) is 1.75. The topological polar surface area (TPSA) is 29.3 Å². The third-order valence-corrected chi connectivity index (χ3v) is 3.90. The lowest BCUT2D eigenvalue weighted by Gasteiger charge is -2.19. The molecular formula is C15H18N2O. The van der Waals surface area contributed by atoms with Crippen molar-refractivity contribution in [2.45, 2.75) is 25.7 Å². The summed E-state index contributed by atoms with van der Waals surface area (Å²) in [7, 11) is 0. The van der Waals surface area contributed by atoms with Crippen molar-refractivity contribution in [1.29, 1.82) is 0 Å². The van der Waals surface area contributed by atoms with E-state index >= 15 is 0 Å². The molecule has 3 heteroatoms. The molecule has 0 bridgehead atoms. The van der Waals surface area contributed by atoms with Gasteiger partial charge in [-0.05, 0) is 49.7 Å². The molecule has 4 rings (SSSR count). The molecule has 2 aliphatic rings. The van der Waals surface area contributed by atoms with Gasteiger partial charge in [0.25, 0.3) is 6.01 Å². The maximum Gasteiger partial charge on any atom is 0.298 e. The molecular weight excluding hydrogens is 224 g/mol. The van der Waals surface area contributed by atoms with Crippen molar-refractivity contribution in [2.24, 2.45) is 11.8 Å². The third kappa shape index (κ3) is 2.09. The van der Waals surface area contributed by atoms with Crippen molar-refractivity contribution in [1.82, 2.24) is 4.98 Å². The number of benzene rings is 1. The quantitative estimate of drug-likeness (QED) is 0.804. The average Bonchev–Trinajstić information content (AvgIpc) is 3.29. The first-order chi connectivity index (χ1) is 8.88. The van der Waals surface area contributed by atoms with Crippen LogP contribution in [0.5, 0.6) is 0 Å². The summed E-state index contributed by atoms with van der Waals surface area (Å²) in [5, 5.41) is 0. The van der Waals surface area contributed by atoms with E-state index in [0.717, 1.165) is 42.0 Å². The number of nitrogens with zero attached hydrogens (tertiary/aromatic N) is 2. The van der Waals surface area contributed by atoms with E-state index in [2.05, 4.69) is 9.88 Å². The van der Waals surface area contributed by atoms with Crippen molar-refractivity contribution in [2.75, 3.05) is 18.0 Å². The van der Waals surface area contributed by atoms with E-state index in [1.807, 2.05) is 24.3 Å². The van der Waals surface area contributed by atoms with Gasteiger partial charge in [-0.25, -0.2) is 0 Å². The summed E-state index contributed by atoms with van der Waals surface area (Å²) in [4.78, 5) is 7.00. The summed E-state index contributed by atoms with van der Waals surface area (Å²) in [5.41, 5.74) is 1.88. The van der Waals surface area contributed by atoms with Gasteiger partial charge in [0.1, 0.15) is 5.52 Å².